The minimum Gasteiger partial charge on any atom is -0.345 e. The van der Waals surface area contributed by atoms with Gasteiger partial charge in [-0.15, -0.1) is 0 Å². The summed E-state index contributed by atoms with van der Waals surface area (Å²) in [5, 5.41) is 6.54. The lowest BCUT2D eigenvalue weighted by Gasteiger charge is -2.18. The Kier molecular flexibility index (Phi) is 5.19. The predicted molar refractivity (Wildman–Crippen MR) is 102 cm³/mol. The summed E-state index contributed by atoms with van der Waals surface area (Å²) in [5.74, 6) is -0.144. The van der Waals surface area contributed by atoms with Crippen LogP contribution in [0.25, 0.3) is 11.4 Å². The Balaban J connectivity index is 1.31. The summed E-state index contributed by atoms with van der Waals surface area (Å²) in [6.07, 6.45) is 0. The number of nitrogens with one attached hydrogen (secondary N) is 1. The van der Waals surface area contributed by atoms with E-state index in [0.717, 1.165) is 5.56 Å². The van der Waals surface area contributed by atoms with Gasteiger partial charge in [-0.1, -0.05) is 47.6 Å². The lowest BCUT2D eigenvalue weighted by molar-refractivity contribution is -0.121. The topological polar surface area (TPSA) is 91.6 Å². The van der Waals surface area contributed by atoms with Crippen LogP contribution >= 0.6 is 0 Å². The molecule has 1 aliphatic heterocycles. The number of hydrogen-bond acceptors (Lipinski definition) is 5. The van der Waals surface area contributed by atoms with E-state index in [-0.39, 0.29) is 30.6 Å². The molecule has 0 saturated carbocycles. The van der Waals surface area contributed by atoms with Gasteiger partial charge in [0, 0.05) is 18.7 Å². The second kappa shape index (κ2) is 8.09. The maximum Gasteiger partial charge on any atom is 0.325 e. The van der Waals surface area contributed by atoms with Crippen LogP contribution in [-0.4, -0.2) is 46.6 Å². The van der Waals surface area contributed by atoms with Gasteiger partial charge in [0.2, 0.25) is 17.6 Å². The Morgan fingerprint density at radius 1 is 1.10 bits per heavy atom. The van der Waals surface area contributed by atoms with Crippen molar-refractivity contribution in [2.45, 2.75) is 6.54 Å². The molecule has 2 aromatic carbocycles. The molecule has 2 heterocycles. The van der Waals surface area contributed by atoms with Crippen molar-refractivity contribution >= 4 is 17.6 Å². The largest absolute Gasteiger partial charge is 0.345 e. The molecule has 148 valence electrons. The van der Waals surface area contributed by atoms with Crippen LogP contribution < -0.4 is 10.2 Å². The van der Waals surface area contributed by atoms with Gasteiger partial charge < -0.3 is 14.7 Å². The van der Waals surface area contributed by atoms with Crippen molar-refractivity contribution in [3.05, 3.63) is 66.3 Å². The van der Waals surface area contributed by atoms with E-state index in [2.05, 4.69) is 15.5 Å². The number of aromatic nitrogens is 2. The van der Waals surface area contributed by atoms with Gasteiger partial charge in [-0.3, -0.25) is 9.69 Å². The third-order valence-corrected chi connectivity index (χ3v) is 4.51. The van der Waals surface area contributed by atoms with Crippen molar-refractivity contribution in [2.75, 3.05) is 24.5 Å². The molecule has 29 heavy (non-hydrogen) atoms. The van der Waals surface area contributed by atoms with E-state index in [1.807, 2.05) is 30.3 Å². The van der Waals surface area contributed by atoms with Crippen molar-refractivity contribution < 1.29 is 18.5 Å². The average Bonchev–Trinajstić information content (AvgIpc) is 3.35. The Bertz CT molecular complexity index is 1020. The van der Waals surface area contributed by atoms with Gasteiger partial charge in [0.1, 0.15) is 12.4 Å². The third-order valence-electron chi connectivity index (χ3n) is 4.51. The summed E-state index contributed by atoms with van der Waals surface area (Å²) in [6.45, 7) is 0.567. The second-order valence-electron chi connectivity index (χ2n) is 6.46. The van der Waals surface area contributed by atoms with E-state index in [9.17, 15) is 14.0 Å². The zero-order valence-electron chi connectivity index (χ0n) is 15.4. The van der Waals surface area contributed by atoms with Crippen molar-refractivity contribution in [1.82, 2.24) is 20.4 Å². The lowest BCUT2D eigenvalue weighted by Crippen LogP contribution is -2.40. The Morgan fingerprint density at radius 3 is 2.66 bits per heavy atom. The fourth-order valence-electron chi connectivity index (χ4n) is 3.06. The number of anilines is 1. The summed E-state index contributed by atoms with van der Waals surface area (Å²) < 4.78 is 19.1. The molecular weight excluding hydrogens is 377 g/mol. The van der Waals surface area contributed by atoms with Crippen molar-refractivity contribution in [2.24, 2.45) is 0 Å². The first kappa shape index (κ1) is 18.6. The normalized spacial score (nSPS) is 13.8. The first-order chi connectivity index (χ1) is 14.1. The Hall–Kier alpha value is -3.75. The van der Waals surface area contributed by atoms with Crippen LogP contribution in [0.5, 0.6) is 0 Å². The molecule has 1 aromatic heterocycles. The molecule has 0 atom stereocenters. The standard InChI is InChI=1S/C20H18FN5O3/c21-15-8-4-5-9-16(15)26-11-10-25(20(26)28)13-17(27)22-12-18-23-19(24-29-18)14-6-2-1-3-7-14/h1-9H,10-13H2,(H,22,27). The maximum absolute atomic E-state index is 13.9. The second-order valence-corrected chi connectivity index (χ2v) is 6.46. The summed E-state index contributed by atoms with van der Waals surface area (Å²) in [5.41, 5.74) is 1.02. The van der Waals surface area contributed by atoms with Crippen LogP contribution in [-0.2, 0) is 11.3 Å². The molecule has 1 fully saturated rings. The molecule has 0 spiro atoms. The molecule has 1 saturated heterocycles. The summed E-state index contributed by atoms with van der Waals surface area (Å²) >= 11 is 0. The maximum atomic E-state index is 13.9. The Morgan fingerprint density at radius 2 is 1.86 bits per heavy atom. The minimum absolute atomic E-state index is 0.0533. The molecular formula is C20H18FN5O3. The highest BCUT2D eigenvalue weighted by molar-refractivity contribution is 5.96. The molecule has 0 radical (unpaired) electrons. The first-order valence-electron chi connectivity index (χ1n) is 9.07. The summed E-state index contributed by atoms with van der Waals surface area (Å²) in [6, 6.07) is 15.0. The van der Waals surface area contributed by atoms with Gasteiger partial charge in [-0.25, -0.2) is 9.18 Å². The quantitative estimate of drug-likeness (QED) is 0.692. The minimum atomic E-state index is -0.474. The molecule has 1 aliphatic rings. The zero-order valence-corrected chi connectivity index (χ0v) is 15.4. The average molecular weight is 395 g/mol. The van der Waals surface area contributed by atoms with Crippen LogP contribution in [0, 0.1) is 5.82 Å². The number of urea groups is 1. The Labute approximate surface area is 165 Å². The number of carbonyl (C=O) groups is 2. The molecule has 9 heteroatoms. The molecule has 3 aromatic rings. The van der Waals surface area contributed by atoms with Crippen LogP contribution in [0.4, 0.5) is 14.9 Å². The van der Waals surface area contributed by atoms with E-state index in [4.69, 9.17) is 4.52 Å². The van der Waals surface area contributed by atoms with E-state index < -0.39 is 11.8 Å². The van der Waals surface area contributed by atoms with E-state index in [1.165, 1.54) is 21.9 Å². The number of benzene rings is 2. The van der Waals surface area contributed by atoms with Gasteiger partial charge in [0.05, 0.1) is 12.2 Å². The van der Waals surface area contributed by atoms with E-state index >= 15 is 0 Å². The fraction of sp³-hybridized carbons (Fsp3) is 0.200. The molecule has 0 bridgehead atoms. The molecule has 0 unspecified atom stereocenters. The van der Waals surface area contributed by atoms with Gasteiger partial charge >= 0.3 is 6.03 Å². The number of nitrogens with zero attached hydrogens (tertiary/aromatic N) is 4. The summed E-state index contributed by atoms with van der Waals surface area (Å²) in [7, 11) is 0. The first-order valence-corrected chi connectivity index (χ1v) is 9.07. The van der Waals surface area contributed by atoms with Gasteiger partial charge in [0.25, 0.3) is 0 Å². The van der Waals surface area contributed by atoms with Gasteiger partial charge in [0.15, 0.2) is 0 Å². The molecule has 1 N–H and O–H groups in total. The van der Waals surface area contributed by atoms with E-state index in [0.29, 0.717) is 18.9 Å². The van der Waals surface area contributed by atoms with Gasteiger partial charge in [-0.05, 0) is 12.1 Å². The van der Waals surface area contributed by atoms with Crippen molar-refractivity contribution in [3.63, 3.8) is 0 Å². The van der Waals surface area contributed by atoms with E-state index in [1.54, 1.807) is 12.1 Å². The molecule has 0 aliphatic carbocycles. The number of amides is 3. The smallest absolute Gasteiger partial charge is 0.325 e. The SMILES string of the molecule is O=C(CN1CCN(c2ccccc2F)C1=O)NCc1nc(-c2ccccc2)no1. The van der Waals surface area contributed by atoms with Crippen LogP contribution in [0.1, 0.15) is 5.89 Å². The van der Waals surface area contributed by atoms with Crippen molar-refractivity contribution in [3.8, 4) is 11.4 Å². The monoisotopic (exact) mass is 395 g/mol. The number of hydrogen-bond donors (Lipinski definition) is 1. The van der Waals surface area contributed by atoms with Crippen molar-refractivity contribution in [1.29, 1.82) is 0 Å². The number of rotatable bonds is 6. The van der Waals surface area contributed by atoms with Crippen LogP contribution in [0.2, 0.25) is 0 Å². The highest BCUT2D eigenvalue weighted by atomic mass is 19.1. The zero-order chi connectivity index (χ0) is 20.2. The molecule has 3 amide bonds. The number of carbonyl (C=O) groups excluding carboxylic acids is 2. The highest BCUT2D eigenvalue weighted by Crippen LogP contribution is 2.23. The summed E-state index contributed by atoms with van der Waals surface area (Å²) in [4.78, 5) is 31.6. The predicted octanol–water partition coefficient (Wildman–Crippen LogP) is 2.43. The molecule has 8 nitrogen and oxygen atoms in total. The molecule has 4 rings (SSSR count). The van der Waals surface area contributed by atoms with Gasteiger partial charge in [-0.2, -0.15) is 4.98 Å². The third kappa shape index (κ3) is 4.08. The fourth-order valence-corrected chi connectivity index (χ4v) is 3.06. The number of halogens is 1. The van der Waals surface area contributed by atoms with Crippen LogP contribution in [0.3, 0.4) is 0 Å². The van der Waals surface area contributed by atoms with Crippen LogP contribution in [0.15, 0.2) is 59.1 Å². The number of para-hydroxylation sites is 1. The lowest BCUT2D eigenvalue weighted by atomic mass is 10.2. The highest BCUT2D eigenvalue weighted by Gasteiger charge is 2.32.